The van der Waals surface area contributed by atoms with E-state index in [0.717, 1.165) is 38.4 Å². The molecule has 1 aliphatic carbocycles. The first-order chi connectivity index (χ1) is 10.4. The van der Waals surface area contributed by atoms with Crippen molar-refractivity contribution in [3.8, 4) is 0 Å². The SMILES string of the molecule is COCCCNc1nccn1C1CCc2ccccc2C1. The number of imidazole rings is 1. The fourth-order valence-electron chi connectivity index (χ4n) is 3.08. The van der Waals surface area contributed by atoms with Crippen LogP contribution in [0, 0.1) is 0 Å². The molecule has 0 amide bonds. The molecule has 112 valence electrons. The Morgan fingerprint density at radius 2 is 2.19 bits per heavy atom. The minimum absolute atomic E-state index is 0.507. The van der Waals surface area contributed by atoms with Crippen LogP contribution in [0.4, 0.5) is 5.95 Å². The molecule has 1 aliphatic rings. The highest BCUT2D eigenvalue weighted by atomic mass is 16.5. The van der Waals surface area contributed by atoms with Crippen molar-refractivity contribution in [3.63, 3.8) is 0 Å². The molecule has 4 heteroatoms. The number of hydrogen-bond donors (Lipinski definition) is 1. The molecule has 0 radical (unpaired) electrons. The molecule has 2 aromatic rings. The normalized spacial score (nSPS) is 17.5. The van der Waals surface area contributed by atoms with E-state index in [4.69, 9.17) is 4.74 Å². The summed E-state index contributed by atoms with van der Waals surface area (Å²) in [4.78, 5) is 4.46. The number of aromatic nitrogens is 2. The van der Waals surface area contributed by atoms with E-state index in [2.05, 4.69) is 45.3 Å². The molecule has 1 aromatic heterocycles. The quantitative estimate of drug-likeness (QED) is 0.829. The number of aryl methyl sites for hydroxylation is 1. The van der Waals surface area contributed by atoms with E-state index in [9.17, 15) is 0 Å². The van der Waals surface area contributed by atoms with Gasteiger partial charge in [0.1, 0.15) is 0 Å². The largest absolute Gasteiger partial charge is 0.385 e. The summed E-state index contributed by atoms with van der Waals surface area (Å²) in [5.74, 6) is 0.982. The maximum atomic E-state index is 5.08. The lowest BCUT2D eigenvalue weighted by atomic mass is 9.88. The molecule has 0 spiro atoms. The molecule has 4 nitrogen and oxygen atoms in total. The first-order valence-corrected chi connectivity index (χ1v) is 7.71. The monoisotopic (exact) mass is 285 g/mol. The van der Waals surface area contributed by atoms with E-state index < -0.39 is 0 Å². The second-order valence-corrected chi connectivity index (χ2v) is 5.60. The Labute approximate surface area is 126 Å². The van der Waals surface area contributed by atoms with Crippen LogP contribution in [0.1, 0.15) is 30.0 Å². The highest BCUT2D eigenvalue weighted by Crippen LogP contribution is 2.30. The van der Waals surface area contributed by atoms with Crippen LogP contribution in [0.15, 0.2) is 36.7 Å². The van der Waals surface area contributed by atoms with Crippen LogP contribution in [0.25, 0.3) is 0 Å². The van der Waals surface area contributed by atoms with Gasteiger partial charge in [0.25, 0.3) is 0 Å². The molecular weight excluding hydrogens is 262 g/mol. The average Bonchev–Trinajstić information content (AvgIpc) is 2.99. The van der Waals surface area contributed by atoms with Gasteiger partial charge in [0, 0.05) is 38.7 Å². The van der Waals surface area contributed by atoms with Crippen molar-refractivity contribution in [2.45, 2.75) is 31.7 Å². The molecular formula is C17H23N3O. The predicted octanol–water partition coefficient (Wildman–Crippen LogP) is 3.06. The Morgan fingerprint density at radius 1 is 1.33 bits per heavy atom. The molecule has 3 rings (SSSR count). The van der Waals surface area contributed by atoms with Crippen LogP contribution >= 0.6 is 0 Å². The summed E-state index contributed by atoms with van der Waals surface area (Å²) in [5.41, 5.74) is 2.98. The van der Waals surface area contributed by atoms with Gasteiger partial charge in [-0.3, -0.25) is 0 Å². The number of rotatable bonds is 6. The molecule has 0 saturated carbocycles. The molecule has 0 saturated heterocycles. The molecule has 0 fully saturated rings. The smallest absolute Gasteiger partial charge is 0.203 e. The van der Waals surface area contributed by atoms with E-state index >= 15 is 0 Å². The van der Waals surface area contributed by atoms with Gasteiger partial charge < -0.3 is 14.6 Å². The maximum Gasteiger partial charge on any atom is 0.203 e. The number of ether oxygens (including phenoxy) is 1. The van der Waals surface area contributed by atoms with Crippen LogP contribution in [-0.2, 0) is 17.6 Å². The first kappa shape index (κ1) is 14.1. The number of nitrogens with one attached hydrogen (secondary N) is 1. The van der Waals surface area contributed by atoms with E-state index in [1.807, 2.05) is 6.20 Å². The topological polar surface area (TPSA) is 39.1 Å². The third-order valence-electron chi connectivity index (χ3n) is 4.19. The van der Waals surface area contributed by atoms with Crippen LogP contribution < -0.4 is 5.32 Å². The van der Waals surface area contributed by atoms with Gasteiger partial charge in [-0.05, 0) is 36.8 Å². The minimum atomic E-state index is 0.507. The second kappa shape index (κ2) is 6.76. The fourth-order valence-corrected chi connectivity index (χ4v) is 3.08. The molecule has 1 heterocycles. The van der Waals surface area contributed by atoms with E-state index in [1.54, 1.807) is 7.11 Å². The molecule has 1 unspecified atom stereocenters. The zero-order chi connectivity index (χ0) is 14.5. The van der Waals surface area contributed by atoms with E-state index in [-0.39, 0.29) is 0 Å². The molecule has 1 aromatic carbocycles. The number of fused-ring (bicyclic) bond motifs is 1. The lowest BCUT2D eigenvalue weighted by molar-refractivity contribution is 0.197. The zero-order valence-corrected chi connectivity index (χ0v) is 12.6. The van der Waals surface area contributed by atoms with Crippen LogP contribution in [0.3, 0.4) is 0 Å². The molecule has 0 bridgehead atoms. The van der Waals surface area contributed by atoms with Gasteiger partial charge in [-0.2, -0.15) is 0 Å². The Kier molecular flexibility index (Phi) is 4.55. The van der Waals surface area contributed by atoms with Gasteiger partial charge in [-0.1, -0.05) is 24.3 Å². The summed E-state index contributed by atoms with van der Waals surface area (Å²) in [6.45, 7) is 1.68. The van der Waals surface area contributed by atoms with Gasteiger partial charge >= 0.3 is 0 Å². The molecule has 1 atom stereocenters. The van der Waals surface area contributed by atoms with Crippen molar-refractivity contribution < 1.29 is 4.74 Å². The molecule has 0 aliphatic heterocycles. The Balaban J connectivity index is 1.67. The van der Waals surface area contributed by atoms with Crippen molar-refractivity contribution in [3.05, 3.63) is 47.8 Å². The third-order valence-corrected chi connectivity index (χ3v) is 4.19. The van der Waals surface area contributed by atoms with Crippen LogP contribution in [0.2, 0.25) is 0 Å². The molecule has 21 heavy (non-hydrogen) atoms. The van der Waals surface area contributed by atoms with Gasteiger partial charge in [0.05, 0.1) is 0 Å². The minimum Gasteiger partial charge on any atom is -0.385 e. The predicted molar refractivity (Wildman–Crippen MR) is 84.7 cm³/mol. The number of anilines is 1. The lowest BCUT2D eigenvalue weighted by Gasteiger charge is -2.27. The lowest BCUT2D eigenvalue weighted by Crippen LogP contribution is -2.20. The highest BCUT2D eigenvalue weighted by Gasteiger charge is 2.21. The first-order valence-electron chi connectivity index (χ1n) is 7.71. The Bertz CT molecular complexity index is 579. The molecule has 1 N–H and O–H groups in total. The summed E-state index contributed by atoms with van der Waals surface area (Å²) in [7, 11) is 1.74. The van der Waals surface area contributed by atoms with Crippen molar-refractivity contribution >= 4 is 5.95 Å². The fraction of sp³-hybridized carbons (Fsp3) is 0.471. The van der Waals surface area contributed by atoms with Gasteiger partial charge in [-0.25, -0.2) is 4.98 Å². The summed E-state index contributed by atoms with van der Waals surface area (Å²) in [6, 6.07) is 9.29. The van der Waals surface area contributed by atoms with Gasteiger partial charge in [0.15, 0.2) is 0 Å². The number of nitrogens with zero attached hydrogens (tertiary/aromatic N) is 2. The third kappa shape index (κ3) is 3.27. The summed E-state index contributed by atoms with van der Waals surface area (Å²) >= 11 is 0. The standard InChI is InChI=1S/C17H23N3O/c1-21-12-4-9-18-17-19-10-11-20(17)16-8-7-14-5-2-3-6-15(14)13-16/h2-3,5-6,10-11,16H,4,7-9,12-13H2,1H3,(H,18,19). The highest BCUT2D eigenvalue weighted by molar-refractivity contribution is 5.32. The number of benzene rings is 1. The van der Waals surface area contributed by atoms with Crippen molar-refractivity contribution in [2.75, 3.05) is 25.6 Å². The Morgan fingerprint density at radius 3 is 3.05 bits per heavy atom. The maximum absolute atomic E-state index is 5.08. The second-order valence-electron chi connectivity index (χ2n) is 5.60. The summed E-state index contributed by atoms with van der Waals surface area (Å²) in [5, 5.41) is 3.42. The van der Waals surface area contributed by atoms with Crippen LogP contribution in [0.5, 0.6) is 0 Å². The average molecular weight is 285 g/mol. The van der Waals surface area contributed by atoms with Crippen molar-refractivity contribution in [2.24, 2.45) is 0 Å². The number of hydrogen-bond acceptors (Lipinski definition) is 3. The van der Waals surface area contributed by atoms with E-state index in [1.165, 1.54) is 17.5 Å². The van der Waals surface area contributed by atoms with Gasteiger partial charge in [-0.15, -0.1) is 0 Å². The summed E-state index contributed by atoms with van der Waals surface area (Å²) < 4.78 is 7.37. The van der Waals surface area contributed by atoms with E-state index in [0.29, 0.717) is 6.04 Å². The van der Waals surface area contributed by atoms with Gasteiger partial charge in [0.2, 0.25) is 5.95 Å². The Hall–Kier alpha value is -1.81. The number of methoxy groups -OCH3 is 1. The van der Waals surface area contributed by atoms with Crippen LogP contribution in [-0.4, -0.2) is 29.8 Å². The van der Waals surface area contributed by atoms with Crippen molar-refractivity contribution in [1.29, 1.82) is 0 Å². The van der Waals surface area contributed by atoms with Crippen molar-refractivity contribution in [1.82, 2.24) is 9.55 Å². The zero-order valence-electron chi connectivity index (χ0n) is 12.6. The summed E-state index contributed by atoms with van der Waals surface area (Å²) in [6.07, 6.45) is 8.41.